The molecule has 0 radical (unpaired) electrons. The summed E-state index contributed by atoms with van der Waals surface area (Å²) in [5.41, 5.74) is 7.92. The van der Waals surface area contributed by atoms with Crippen molar-refractivity contribution >= 4 is 75.1 Å². The van der Waals surface area contributed by atoms with E-state index in [4.69, 9.17) is 0 Å². The van der Waals surface area contributed by atoms with Crippen molar-refractivity contribution in [2.45, 2.75) is 0 Å². The molecule has 0 amide bonds. The van der Waals surface area contributed by atoms with Crippen LogP contribution in [-0.4, -0.2) is 9.13 Å². The molecule has 0 spiro atoms. The van der Waals surface area contributed by atoms with Crippen molar-refractivity contribution in [2.24, 2.45) is 0 Å². The molecule has 0 fully saturated rings. The predicted octanol–water partition coefficient (Wildman–Crippen LogP) is 15.2. The van der Waals surface area contributed by atoms with Gasteiger partial charge in [-0.05, 0) is 100 Å². The van der Waals surface area contributed by atoms with Gasteiger partial charge in [0.15, 0.2) is 0 Å². The number of thiophene rings is 1. The number of rotatable bonds is 5. The fourth-order valence-corrected chi connectivity index (χ4v) is 9.75. The van der Waals surface area contributed by atoms with Crippen LogP contribution >= 0.6 is 11.3 Å². The molecule has 0 aliphatic rings. The van der Waals surface area contributed by atoms with Gasteiger partial charge in [0.1, 0.15) is 0 Å². The molecule has 266 valence electrons. The lowest BCUT2D eigenvalue weighted by atomic mass is 9.97. The van der Waals surface area contributed by atoms with Gasteiger partial charge in [-0.25, -0.2) is 0 Å². The maximum absolute atomic E-state index is 10.2. The van der Waals surface area contributed by atoms with Crippen molar-refractivity contribution in [2.75, 3.05) is 0 Å². The van der Waals surface area contributed by atoms with E-state index in [2.05, 4.69) is 30.3 Å². The largest absolute Gasteiger partial charge is 0.309 e. The zero-order chi connectivity index (χ0) is 42.7. The van der Waals surface area contributed by atoms with E-state index in [0.717, 1.165) is 75.6 Å². The summed E-state index contributed by atoms with van der Waals surface area (Å²) in [6.45, 7) is 0. The lowest BCUT2D eigenvalue weighted by Crippen LogP contribution is -1.94. The fourth-order valence-electron chi connectivity index (χ4n) is 8.62. The van der Waals surface area contributed by atoms with Crippen LogP contribution in [0.5, 0.6) is 0 Å². The minimum Gasteiger partial charge on any atom is -0.309 e. The first kappa shape index (κ1) is 26.6. The first-order valence-electron chi connectivity index (χ1n) is 22.0. The molecule has 12 aromatic rings. The molecule has 3 heterocycles. The number of aromatic nitrogens is 2. The quantitative estimate of drug-likeness (QED) is 0.166. The number of nitrogens with zero attached hydrogens (tertiary/aromatic N) is 2. The van der Waals surface area contributed by atoms with E-state index in [-0.39, 0.29) is 47.4 Å². The highest BCUT2D eigenvalue weighted by atomic mass is 32.1. The normalized spacial score (nSPS) is 13.3. The Labute approximate surface area is 342 Å². The van der Waals surface area contributed by atoms with Gasteiger partial charge in [0.25, 0.3) is 0 Å². The van der Waals surface area contributed by atoms with Gasteiger partial charge in [-0.15, -0.1) is 11.3 Å². The zero-order valence-electron chi connectivity index (χ0n) is 36.5. The third-order valence-corrected chi connectivity index (χ3v) is 12.3. The smallest absolute Gasteiger partial charge is 0.0645 e. The molecular weight excluding hydrogens is 709 g/mol. The van der Waals surface area contributed by atoms with Crippen molar-refractivity contribution in [3.63, 3.8) is 0 Å². The van der Waals surface area contributed by atoms with Crippen LogP contribution in [0.1, 0.15) is 8.22 Å². The summed E-state index contributed by atoms with van der Waals surface area (Å²) in [5.74, 6) is 0. The summed E-state index contributed by atoms with van der Waals surface area (Å²) < 4.78 is 65.5. The standard InChI is InChI=1S/C54H34N2S/c1-3-13-35(14-4-1)36-25-29-40(30-26-36)55-48-32-28-39(34-45(48)53-41(19-11-21-49(53)55)37-15-5-2-6-16-37)38-27-31-47-44(33-38)42-17-7-9-20-46(42)56(47)50-22-12-24-52-54(50)43-18-8-10-23-51(43)57-52/h1-34H/i27D,28D,31D,32D,33D,34D. The minimum atomic E-state index is -0.266. The molecule has 0 saturated carbocycles. The van der Waals surface area contributed by atoms with Gasteiger partial charge in [0.05, 0.1) is 36.0 Å². The molecule has 57 heavy (non-hydrogen) atoms. The van der Waals surface area contributed by atoms with Crippen molar-refractivity contribution in [3.8, 4) is 44.8 Å². The molecule has 0 atom stereocenters. The maximum Gasteiger partial charge on any atom is 0.0645 e. The van der Waals surface area contributed by atoms with Crippen molar-refractivity contribution in [3.05, 3.63) is 206 Å². The van der Waals surface area contributed by atoms with Gasteiger partial charge in [0.2, 0.25) is 0 Å². The first-order valence-corrected chi connectivity index (χ1v) is 19.9. The van der Waals surface area contributed by atoms with Gasteiger partial charge >= 0.3 is 0 Å². The fraction of sp³-hybridized carbons (Fsp3) is 0. The Hall–Kier alpha value is -7.20. The Morgan fingerprint density at radius 3 is 1.74 bits per heavy atom. The molecule has 0 N–H and O–H groups in total. The first-order chi connectivity index (χ1) is 30.8. The molecule has 0 bridgehead atoms. The van der Waals surface area contributed by atoms with Gasteiger partial charge in [-0.3, -0.25) is 0 Å². The molecule has 0 aliphatic carbocycles. The van der Waals surface area contributed by atoms with Crippen LogP contribution in [0.2, 0.25) is 0 Å². The van der Waals surface area contributed by atoms with Crippen molar-refractivity contribution < 1.29 is 8.22 Å². The molecule has 9 aromatic carbocycles. The van der Waals surface area contributed by atoms with Gasteiger partial charge < -0.3 is 9.13 Å². The highest BCUT2D eigenvalue weighted by molar-refractivity contribution is 7.25. The Kier molecular flexibility index (Phi) is 5.91. The summed E-state index contributed by atoms with van der Waals surface area (Å²) in [7, 11) is 0. The van der Waals surface area contributed by atoms with Crippen LogP contribution < -0.4 is 0 Å². The van der Waals surface area contributed by atoms with E-state index in [1.807, 2.05) is 149 Å². The van der Waals surface area contributed by atoms with Crippen LogP contribution in [0.15, 0.2) is 206 Å². The Balaban J connectivity index is 1.18. The molecule has 0 unspecified atom stereocenters. The molecular formula is C54H34N2S. The lowest BCUT2D eigenvalue weighted by Gasteiger charge is -2.11. The molecule has 2 nitrogen and oxygen atoms in total. The van der Waals surface area contributed by atoms with E-state index < -0.39 is 0 Å². The molecule has 0 aliphatic heterocycles. The SMILES string of the molecule is [2H]c1c(-c2c([2H])c([2H])c3c(c2[2H])c2c(-c4ccccc4)cccc2n3-c2ccc(-c3ccccc3)cc2)c([2H])c2c3ccccc3n(-c3cccc4sc5ccccc5c34)c2c1[2H]. The lowest BCUT2D eigenvalue weighted by molar-refractivity contribution is 1.18. The highest BCUT2D eigenvalue weighted by Gasteiger charge is 2.20. The van der Waals surface area contributed by atoms with Crippen LogP contribution in [0, 0.1) is 0 Å². The van der Waals surface area contributed by atoms with Gasteiger partial charge in [-0.1, -0.05) is 139 Å². The third-order valence-electron chi connectivity index (χ3n) is 11.2. The van der Waals surface area contributed by atoms with Crippen LogP contribution in [-0.2, 0) is 0 Å². The van der Waals surface area contributed by atoms with Crippen molar-refractivity contribution in [1.82, 2.24) is 9.13 Å². The molecule has 3 aromatic heterocycles. The highest BCUT2D eigenvalue weighted by Crippen LogP contribution is 2.43. The molecule has 0 saturated heterocycles. The third kappa shape index (κ3) is 4.96. The van der Waals surface area contributed by atoms with Crippen LogP contribution in [0.25, 0.3) is 109 Å². The number of benzene rings is 9. The monoisotopic (exact) mass is 748 g/mol. The van der Waals surface area contributed by atoms with E-state index >= 15 is 0 Å². The van der Waals surface area contributed by atoms with Gasteiger partial charge in [0, 0.05) is 47.4 Å². The summed E-state index contributed by atoms with van der Waals surface area (Å²) in [6, 6.07) is 55.5. The van der Waals surface area contributed by atoms with E-state index in [0.29, 0.717) is 21.8 Å². The summed E-state index contributed by atoms with van der Waals surface area (Å²) >= 11 is 1.70. The number of hydrogen-bond donors (Lipinski definition) is 0. The topological polar surface area (TPSA) is 9.86 Å². The van der Waals surface area contributed by atoms with E-state index in [1.165, 1.54) is 0 Å². The zero-order valence-corrected chi connectivity index (χ0v) is 31.3. The molecule has 12 rings (SSSR count). The number of para-hydroxylation sites is 1. The van der Waals surface area contributed by atoms with E-state index in [1.54, 1.807) is 11.3 Å². The average molecular weight is 749 g/mol. The minimum absolute atomic E-state index is 0.00185. The Morgan fingerprint density at radius 1 is 0.351 bits per heavy atom. The predicted molar refractivity (Wildman–Crippen MR) is 244 cm³/mol. The Morgan fingerprint density at radius 2 is 0.947 bits per heavy atom. The van der Waals surface area contributed by atoms with Gasteiger partial charge in [-0.2, -0.15) is 0 Å². The Bertz CT molecular complexity index is 3850. The summed E-state index contributed by atoms with van der Waals surface area (Å²) in [5, 5.41) is 4.52. The average Bonchev–Trinajstić information content (AvgIpc) is 4.01. The summed E-state index contributed by atoms with van der Waals surface area (Å²) in [4.78, 5) is 0. The van der Waals surface area contributed by atoms with E-state index in [9.17, 15) is 8.22 Å². The number of hydrogen-bond acceptors (Lipinski definition) is 1. The maximum atomic E-state index is 10.2. The summed E-state index contributed by atoms with van der Waals surface area (Å²) in [6.07, 6.45) is 0. The second-order valence-electron chi connectivity index (χ2n) is 14.4. The number of fused-ring (bicyclic) bond motifs is 9. The second-order valence-corrected chi connectivity index (χ2v) is 15.4. The second kappa shape index (κ2) is 12.7. The van der Waals surface area contributed by atoms with Crippen LogP contribution in [0.3, 0.4) is 0 Å². The van der Waals surface area contributed by atoms with Crippen LogP contribution in [0.4, 0.5) is 0 Å². The van der Waals surface area contributed by atoms with Crippen molar-refractivity contribution in [1.29, 1.82) is 0 Å². The molecule has 3 heteroatoms.